The Labute approximate surface area is 102 Å². The predicted octanol–water partition coefficient (Wildman–Crippen LogP) is 2.22. The Balaban J connectivity index is 2.62. The van der Waals surface area contributed by atoms with Crippen molar-refractivity contribution in [1.82, 2.24) is 15.0 Å². The van der Waals surface area contributed by atoms with Gasteiger partial charge in [0.05, 0.1) is 12.3 Å². The summed E-state index contributed by atoms with van der Waals surface area (Å²) in [6, 6.07) is 7.85. The van der Waals surface area contributed by atoms with Gasteiger partial charge >= 0.3 is 0 Å². The molecule has 0 aliphatic rings. The van der Waals surface area contributed by atoms with E-state index in [2.05, 4.69) is 26.2 Å². The average molecular weight is 282 g/mol. The van der Waals surface area contributed by atoms with Crippen LogP contribution in [0.5, 0.6) is 0 Å². The maximum atomic E-state index is 9.25. The molecule has 0 fully saturated rings. The fraction of sp³-hybridized carbons (Fsp3) is 0.273. The molecule has 0 radical (unpaired) electrons. The molecule has 1 aromatic heterocycles. The lowest BCUT2D eigenvalue weighted by Crippen LogP contribution is -2.00. The Morgan fingerprint density at radius 3 is 2.75 bits per heavy atom. The van der Waals surface area contributed by atoms with Crippen LogP contribution in [0.3, 0.4) is 0 Å². The quantitative estimate of drug-likeness (QED) is 0.939. The van der Waals surface area contributed by atoms with Gasteiger partial charge in [0.25, 0.3) is 0 Å². The van der Waals surface area contributed by atoms with Crippen molar-refractivity contribution in [3.63, 3.8) is 0 Å². The first kappa shape index (κ1) is 11.3. The van der Waals surface area contributed by atoms with Gasteiger partial charge in [0.15, 0.2) is 0 Å². The van der Waals surface area contributed by atoms with Gasteiger partial charge in [-0.25, -0.2) is 4.68 Å². The van der Waals surface area contributed by atoms with Crippen molar-refractivity contribution in [1.29, 1.82) is 0 Å². The first-order valence-electron chi connectivity index (χ1n) is 5.06. The second-order valence-electron chi connectivity index (χ2n) is 3.34. The Morgan fingerprint density at radius 2 is 2.12 bits per heavy atom. The molecule has 0 atom stereocenters. The molecule has 5 heteroatoms. The third-order valence-electron chi connectivity index (χ3n) is 2.38. The monoisotopic (exact) mass is 281 g/mol. The SMILES string of the molecule is CCn1nnc(CO)c1-c1ccccc1Br. The van der Waals surface area contributed by atoms with Gasteiger partial charge in [0, 0.05) is 16.6 Å². The lowest BCUT2D eigenvalue weighted by molar-refractivity contribution is 0.277. The van der Waals surface area contributed by atoms with Gasteiger partial charge < -0.3 is 5.11 Å². The summed E-state index contributed by atoms with van der Waals surface area (Å²) in [5.41, 5.74) is 2.48. The molecule has 4 nitrogen and oxygen atoms in total. The zero-order valence-electron chi connectivity index (χ0n) is 8.89. The van der Waals surface area contributed by atoms with Gasteiger partial charge in [-0.3, -0.25) is 0 Å². The third kappa shape index (κ3) is 1.88. The smallest absolute Gasteiger partial charge is 0.116 e. The zero-order chi connectivity index (χ0) is 11.5. The summed E-state index contributed by atoms with van der Waals surface area (Å²) in [4.78, 5) is 0. The second kappa shape index (κ2) is 4.76. The number of aliphatic hydroxyl groups is 1. The number of aliphatic hydroxyl groups excluding tert-OH is 1. The van der Waals surface area contributed by atoms with Crippen LogP contribution < -0.4 is 0 Å². The van der Waals surface area contributed by atoms with E-state index < -0.39 is 0 Å². The Bertz CT molecular complexity index is 474. The fourth-order valence-electron chi connectivity index (χ4n) is 1.62. The van der Waals surface area contributed by atoms with Crippen LogP contribution in [0.2, 0.25) is 0 Å². The van der Waals surface area contributed by atoms with Gasteiger partial charge in [-0.05, 0) is 13.0 Å². The predicted molar refractivity (Wildman–Crippen MR) is 64.8 cm³/mol. The highest BCUT2D eigenvalue weighted by molar-refractivity contribution is 9.10. The van der Waals surface area contributed by atoms with E-state index in [1.54, 1.807) is 4.68 Å². The largest absolute Gasteiger partial charge is 0.390 e. The van der Waals surface area contributed by atoms with E-state index in [-0.39, 0.29) is 6.61 Å². The van der Waals surface area contributed by atoms with Crippen LogP contribution in [-0.4, -0.2) is 20.1 Å². The molecule has 1 heterocycles. The summed E-state index contributed by atoms with van der Waals surface area (Å²) in [6.07, 6.45) is 0. The lowest BCUT2D eigenvalue weighted by Gasteiger charge is -2.07. The second-order valence-corrected chi connectivity index (χ2v) is 4.19. The number of hydrogen-bond acceptors (Lipinski definition) is 3. The molecule has 16 heavy (non-hydrogen) atoms. The zero-order valence-corrected chi connectivity index (χ0v) is 10.5. The van der Waals surface area contributed by atoms with Gasteiger partial charge in [-0.15, -0.1) is 5.10 Å². The minimum Gasteiger partial charge on any atom is -0.390 e. The molecular formula is C11H12BrN3O. The summed E-state index contributed by atoms with van der Waals surface area (Å²) >= 11 is 3.49. The maximum Gasteiger partial charge on any atom is 0.116 e. The number of aryl methyl sites for hydroxylation is 1. The number of nitrogens with zero attached hydrogens (tertiary/aromatic N) is 3. The summed E-state index contributed by atoms with van der Waals surface area (Å²) in [5.74, 6) is 0. The molecule has 0 unspecified atom stereocenters. The normalized spacial score (nSPS) is 10.7. The maximum absolute atomic E-state index is 9.25. The van der Waals surface area contributed by atoms with Gasteiger partial charge in [-0.1, -0.05) is 39.3 Å². The molecule has 1 aromatic carbocycles. The van der Waals surface area contributed by atoms with Gasteiger partial charge in [0.2, 0.25) is 0 Å². The number of benzene rings is 1. The van der Waals surface area contributed by atoms with Gasteiger partial charge in [0.1, 0.15) is 5.69 Å². The van der Waals surface area contributed by atoms with Crippen molar-refractivity contribution in [2.45, 2.75) is 20.1 Å². The highest BCUT2D eigenvalue weighted by atomic mass is 79.9. The number of aromatic nitrogens is 3. The van der Waals surface area contributed by atoms with Crippen LogP contribution >= 0.6 is 15.9 Å². The van der Waals surface area contributed by atoms with Crippen LogP contribution in [0.4, 0.5) is 0 Å². The molecular weight excluding hydrogens is 270 g/mol. The van der Waals surface area contributed by atoms with Crippen LogP contribution in [0.15, 0.2) is 28.7 Å². The number of halogens is 1. The minimum absolute atomic E-state index is 0.101. The highest BCUT2D eigenvalue weighted by Crippen LogP contribution is 2.29. The molecule has 0 amide bonds. The van der Waals surface area contributed by atoms with Crippen molar-refractivity contribution in [2.24, 2.45) is 0 Å². The van der Waals surface area contributed by atoms with Crippen molar-refractivity contribution >= 4 is 15.9 Å². The van der Waals surface area contributed by atoms with E-state index >= 15 is 0 Å². The van der Waals surface area contributed by atoms with Gasteiger partial charge in [-0.2, -0.15) is 0 Å². The summed E-state index contributed by atoms with van der Waals surface area (Å²) in [5, 5.41) is 17.2. The Morgan fingerprint density at radius 1 is 1.38 bits per heavy atom. The molecule has 0 saturated carbocycles. The molecule has 1 N–H and O–H groups in total. The average Bonchev–Trinajstić information content (AvgIpc) is 2.72. The van der Waals surface area contributed by atoms with Crippen LogP contribution in [0.1, 0.15) is 12.6 Å². The summed E-state index contributed by atoms with van der Waals surface area (Å²) < 4.78 is 2.76. The Kier molecular flexibility index (Phi) is 3.36. The van der Waals surface area contributed by atoms with Crippen molar-refractivity contribution in [3.8, 4) is 11.3 Å². The molecule has 0 spiro atoms. The van der Waals surface area contributed by atoms with Crippen molar-refractivity contribution < 1.29 is 5.11 Å². The summed E-state index contributed by atoms with van der Waals surface area (Å²) in [6.45, 7) is 2.62. The van der Waals surface area contributed by atoms with E-state index in [1.165, 1.54) is 0 Å². The molecule has 0 aliphatic heterocycles. The van der Waals surface area contributed by atoms with Crippen molar-refractivity contribution in [3.05, 3.63) is 34.4 Å². The molecule has 0 saturated heterocycles. The molecule has 0 aliphatic carbocycles. The molecule has 84 valence electrons. The van der Waals surface area contributed by atoms with Crippen molar-refractivity contribution in [2.75, 3.05) is 0 Å². The Hall–Kier alpha value is -1.20. The number of hydrogen-bond donors (Lipinski definition) is 1. The van der Waals surface area contributed by atoms with E-state index in [9.17, 15) is 5.11 Å². The first-order chi connectivity index (χ1) is 7.77. The van der Waals surface area contributed by atoms with Crippen LogP contribution in [0, 0.1) is 0 Å². The third-order valence-corrected chi connectivity index (χ3v) is 3.07. The fourth-order valence-corrected chi connectivity index (χ4v) is 2.10. The first-order valence-corrected chi connectivity index (χ1v) is 5.85. The van der Waals surface area contributed by atoms with E-state index in [4.69, 9.17) is 0 Å². The standard InChI is InChI=1S/C11H12BrN3O/c1-2-15-11(10(7-16)13-14-15)8-5-3-4-6-9(8)12/h3-6,16H,2,7H2,1H3. The molecule has 2 rings (SSSR count). The van der Waals surface area contributed by atoms with Crippen LogP contribution in [0.25, 0.3) is 11.3 Å². The topological polar surface area (TPSA) is 50.9 Å². The summed E-state index contributed by atoms with van der Waals surface area (Å²) in [7, 11) is 0. The van der Waals surface area contributed by atoms with E-state index in [1.807, 2.05) is 31.2 Å². The molecule has 2 aromatic rings. The molecule has 0 bridgehead atoms. The number of rotatable bonds is 3. The van der Waals surface area contributed by atoms with E-state index in [0.29, 0.717) is 5.69 Å². The van der Waals surface area contributed by atoms with Crippen LogP contribution in [-0.2, 0) is 13.2 Å². The minimum atomic E-state index is -0.101. The van der Waals surface area contributed by atoms with E-state index in [0.717, 1.165) is 22.3 Å². The lowest BCUT2D eigenvalue weighted by atomic mass is 10.1. The highest BCUT2D eigenvalue weighted by Gasteiger charge is 2.15.